The van der Waals surface area contributed by atoms with Gasteiger partial charge >= 0.3 is 0 Å². The van der Waals surface area contributed by atoms with Crippen molar-refractivity contribution < 1.29 is 14.4 Å². The summed E-state index contributed by atoms with van der Waals surface area (Å²) in [5.74, 6) is -0.264. The van der Waals surface area contributed by atoms with Crippen LogP contribution < -0.4 is 5.48 Å². The lowest BCUT2D eigenvalue weighted by Gasteiger charge is -2.31. The summed E-state index contributed by atoms with van der Waals surface area (Å²) in [6.07, 6.45) is 1.68. The zero-order chi connectivity index (χ0) is 13.1. The van der Waals surface area contributed by atoms with Crippen molar-refractivity contribution in [1.82, 2.24) is 10.4 Å². The van der Waals surface area contributed by atoms with Crippen molar-refractivity contribution in [2.45, 2.75) is 46.1 Å². The lowest BCUT2D eigenvalue weighted by Crippen LogP contribution is -2.46. The quantitative estimate of drug-likeness (QED) is 0.737. The molecule has 1 saturated heterocycles. The van der Waals surface area contributed by atoms with Gasteiger partial charge in [-0.1, -0.05) is 0 Å². The van der Waals surface area contributed by atoms with Gasteiger partial charge in [-0.05, 0) is 33.6 Å². The van der Waals surface area contributed by atoms with E-state index in [0.29, 0.717) is 6.54 Å². The summed E-state index contributed by atoms with van der Waals surface area (Å²) < 4.78 is 0. The first-order valence-electron chi connectivity index (χ1n) is 6.03. The van der Waals surface area contributed by atoms with Crippen molar-refractivity contribution in [3.63, 3.8) is 0 Å². The van der Waals surface area contributed by atoms with Crippen LogP contribution in [0.1, 0.15) is 40.5 Å². The SMILES string of the molecule is CC(=O)N1CCCC(C(=O)NOC(C)(C)C)C1. The van der Waals surface area contributed by atoms with Crippen molar-refractivity contribution in [3.05, 3.63) is 0 Å². The Morgan fingerprint density at radius 3 is 2.53 bits per heavy atom. The molecule has 1 unspecified atom stereocenters. The molecule has 1 heterocycles. The summed E-state index contributed by atoms with van der Waals surface area (Å²) in [5, 5.41) is 0. The van der Waals surface area contributed by atoms with Crippen molar-refractivity contribution in [2.24, 2.45) is 5.92 Å². The molecule has 1 rings (SSSR count). The maximum atomic E-state index is 11.8. The summed E-state index contributed by atoms with van der Waals surface area (Å²) in [7, 11) is 0. The van der Waals surface area contributed by atoms with Crippen LogP contribution in [0.2, 0.25) is 0 Å². The Hall–Kier alpha value is -1.10. The van der Waals surface area contributed by atoms with Crippen molar-refractivity contribution in [2.75, 3.05) is 13.1 Å². The number of rotatable bonds is 2. The minimum Gasteiger partial charge on any atom is -0.342 e. The molecule has 0 aromatic heterocycles. The maximum absolute atomic E-state index is 11.8. The first kappa shape index (κ1) is 14.0. The van der Waals surface area contributed by atoms with Crippen LogP contribution in [0.15, 0.2) is 0 Å². The smallest absolute Gasteiger partial charge is 0.248 e. The zero-order valence-electron chi connectivity index (χ0n) is 11.1. The Morgan fingerprint density at radius 2 is 2.00 bits per heavy atom. The predicted molar refractivity (Wildman–Crippen MR) is 64.0 cm³/mol. The second-order valence-corrected chi connectivity index (χ2v) is 5.48. The Morgan fingerprint density at radius 1 is 1.35 bits per heavy atom. The minimum atomic E-state index is -0.398. The highest BCUT2D eigenvalue weighted by molar-refractivity contribution is 5.79. The molecule has 0 radical (unpaired) electrons. The number of carbonyl (C=O) groups excluding carboxylic acids is 2. The minimum absolute atomic E-state index is 0.0271. The maximum Gasteiger partial charge on any atom is 0.248 e. The molecule has 5 heteroatoms. The number of likely N-dealkylation sites (tertiary alicyclic amines) is 1. The lowest BCUT2D eigenvalue weighted by atomic mass is 9.97. The van der Waals surface area contributed by atoms with Gasteiger partial charge in [-0.25, -0.2) is 5.48 Å². The highest BCUT2D eigenvalue weighted by atomic mass is 16.7. The van der Waals surface area contributed by atoms with Crippen molar-refractivity contribution >= 4 is 11.8 Å². The standard InChI is InChI=1S/C12H22N2O3/c1-9(15)14-7-5-6-10(8-14)11(16)13-17-12(2,3)4/h10H,5-8H2,1-4H3,(H,13,16). The third kappa shape index (κ3) is 4.73. The van der Waals surface area contributed by atoms with Gasteiger partial charge in [0.1, 0.15) is 0 Å². The molecule has 0 spiro atoms. The number of piperidine rings is 1. The highest BCUT2D eigenvalue weighted by Gasteiger charge is 2.27. The second kappa shape index (κ2) is 5.49. The van der Waals surface area contributed by atoms with E-state index in [9.17, 15) is 9.59 Å². The number of nitrogens with zero attached hydrogens (tertiary/aromatic N) is 1. The third-order valence-electron chi connectivity index (χ3n) is 2.70. The molecule has 1 atom stereocenters. The number of carbonyl (C=O) groups is 2. The van der Waals surface area contributed by atoms with Gasteiger partial charge < -0.3 is 4.90 Å². The van der Waals surface area contributed by atoms with E-state index in [4.69, 9.17) is 4.84 Å². The van der Waals surface area contributed by atoms with Gasteiger partial charge in [0.2, 0.25) is 11.8 Å². The van der Waals surface area contributed by atoms with Crippen LogP contribution >= 0.6 is 0 Å². The molecular formula is C12H22N2O3. The van der Waals surface area contributed by atoms with Gasteiger partial charge in [0.05, 0.1) is 11.5 Å². The topological polar surface area (TPSA) is 58.6 Å². The molecule has 17 heavy (non-hydrogen) atoms. The van der Waals surface area contributed by atoms with Crippen LogP contribution in [-0.2, 0) is 14.4 Å². The number of hydroxylamine groups is 1. The number of amides is 2. The number of hydrogen-bond acceptors (Lipinski definition) is 3. The zero-order valence-corrected chi connectivity index (χ0v) is 11.1. The molecule has 1 aliphatic heterocycles. The summed E-state index contributed by atoms with van der Waals surface area (Å²) in [4.78, 5) is 30.0. The van der Waals surface area contributed by atoms with Crippen LogP contribution in [0, 0.1) is 5.92 Å². The van der Waals surface area contributed by atoms with E-state index in [1.165, 1.54) is 6.92 Å². The van der Waals surface area contributed by atoms with E-state index in [2.05, 4.69) is 5.48 Å². The molecule has 0 aromatic rings. The van der Waals surface area contributed by atoms with Gasteiger partial charge in [0, 0.05) is 20.0 Å². The van der Waals surface area contributed by atoms with Gasteiger partial charge in [0.25, 0.3) is 0 Å². The van der Waals surface area contributed by atoms with Crippen LogP contribution in [0.25, 0.3) is 0 Å². The Kier molecular flexibility index (Phi) is 4.51. The fraction of sp³-hybridized carbons (Fsp3) is 0.833. The summed E-state index contributed by atoms with van der Waals surface area (Å²) in [6.45, 7) is 8.39. The van der Waals surface area contributed by atoms with Crippen LogP contribution in [0.5, 0.6) is 0 Å². The van der Waals surface area contributed by atoms with E-state index in [1.54, 1.807) is 4.90 Å². The molecule has 98 valence electrons. The first-order valence-corrected chi connectivity index (χ1v) is 6.03. The molecule has 1 N–H and O–H groups in total. The van der Waals surface area contributed by atoms with E-state index >= 15 is 0 Å². The molecule has 2 amide bonds. The summed E-state index contributed by atoms with van der Waals surface area (Å²) in [6, 6.07) is 0. The fourth-order valence-electron chi connectivity index (χ4n) is 1.76. The highest BCUT2D eigenvalue weighted by Crippen LogP contribution is 2.17. The van der Waals surface area contributed by atoms with E-state index in [1.807, 2.05) is 20.8 Å². The van der Waals surface area contributed by atoms with E-state index in [-0.39, 0.29) is 17.7 Å². The van der Waals surface area contributed by atoms with Crippen LogP contribution in [0.4, 0.5) is 0 Å². The van der Waals surface area contributed by atoms with E-state index < -0.39 is 5.60 Å². The average molecular weight is 242 g/mol. The van der Waals surface area contributed by atoms with Crippen LogP contribution in [-0.4, -0.2) is 35.4 Å². The molecule has 1 fully saturated rings. The lowest BCUT2D eigenvalue weighted by molar-refractivity contribution is -0.152. The van der Waals surface area contributed by atoms with Crippen molar-refractivity contribution in [1.29, 1.82) is 0 Å². The molecule has 0 saturated carbocycles. The molecular weight excluding hydrogens is 220 g/mol. The number of hydrogen-bond donors (Lipinski definition) is 1. The first-order chi connectivity index (χ1) is 7.79. The Bertz CT molecular complexity index is 297. The monoisotopic (exact) mass is 242 g/mol. The summed E-state index contributed by atoms with van der Waals surface area (Å²) >= 11 is 0. The predicted octanol–water partition coefficient (Wildman–Crippen LogP) is 1.09. The molecule has 0 bridgehead atoms. The van der Waals surface area contributed by atoms with Crippen LogP contribution in [0.3, 0.4) is 0 Å². The molecule has 0 aliphatic carbocycles. The third-order valence-corrected chi connectivity index (χ3v) is 2.70. The van der Waals surface area contributed by atoms with Gasteiger partial charge in [-0.3, -0.25) is 14.4 Å². The largest absolute Gasteiger partial charge is 0.342 e. The average Bonchev–Trinajstić information content (AvgIpc) is 2.25. The molecule has 5 nitrogen and oxygen atoms in total. The van der Waals surface area contributed by atoms with E-state index in [0.717, 1.165) is 19.4 Å². The summed E-state index contributed by atoms with van der Waals surface area (Å²) in [5.41, 5.74) is 2.08. The Labute approximate surface area is 102 Å². The number of nitrogens with one attached hydrogen (secondary N) is 1. The second-order valence-electron chi connectivity index (χ2n) is 5.48. The van der Waals surface area contributed by atoms with Crippen molar-refractivity contribution in [3.8, 4) is 0 Å². The Balaban J connectivity index is 2.44. The molecule has 0 aromatic carbocycles. The normalized spacial score (nSPS) is 21.2. The van der Waals surface area contributed by atoms with Gasteiger partial charge in [-0.15, -0.1) is 0 Å². The fourth-order valence-corrected chi connectivity index (χ4v) is 1.76. The van der Waals surface area contributed by atoms with Gasteiger partial charge in [0.15, 0.2) is 0 Å². The van der Waals surface area contributed by atoms with Gasteiger partial charge in [-0.2, -0.15) is 0 Å². The molecule has 1 aliphatic rings.